The van der Waals surface area contributed by atoms with Crippen LogP contribution in [-0.4, -0.2) is 35.2 Å². The molecule has 0 aromatic carbocycles. The van der Waals surface area contributed by atoms with Gasteiger partial charge in [-0.25, -0.2) is 0 Å². The van der Waals surface area contributed by atoms with E-state index < -0.39 is 0 Å². The Morgan fingerprint density at radius 3 is 2.36 bits per heavy atom. The molecule has 0 unspecified atom stereocenters. The molecule has 0 heterocycles. The first kappa shape index (κ1) is 12.0. The minimum Gasteiger partial charge on any atom is -0.389 e. The smallest absolute Gasteiger partial charge is 0.0774 e. The summed E-state index contributed by atoms with van der Waals surface area (Å²) in [4.78, 5) is 2.40. The molecule has 0 aromatic heterocycles. The minimum absolute atomic E-state index is 0.357. The Hall–Kier alpha value is -0.0800. The third kappa shape index (κ3) is 3.58. The Labute approximate surface area is 88.3 Å². The summed E-state index contributed by atoms with van der Waals surface area (Å²) in [6.45, 7) is 7.52. The van der Waals surface area contributed by atoms with Crippen molar-refractivity contribution < 1.29 is 5.11 Å². The molecule has 84 valence electrons. The van der Waals surface area contributed by atoms with Crippen molar-refractivity contribution in [3.63, 3.8) is 0 Å². The van der Waals surface area contributed by atoms with Crippen molar-refractivity contribution >= 4 is 0 Å². The number of hydrogen-bond acceptors (Lipinski definition) is 2. The van der Waals surface area contributed by atoms with E-state index in [4.69, 9.17) is 0 Å². The molecule has 1 N–H and O–H groups in total. The quantitative estimate of drug-likeness (QED) is 0.710. The molecule has 0 aliphatic heterocycles. The summed E-state index contributed by atoms with van der Waals surface area (Å²) in [7, 11) is 0. The first-order valence-corrected chi connectivity index (χ1v) is 6.15. The van der Waals surface area contributed by atoms with Crippen LogP contribution in [0.25, 0.3) is 0 Å². The SMILES string of the molecule is CCCCN(CC)CC1(O)CCCC1. The Balaban J connectivity index is 2.30. The summed E-state index contributed by atoms with van der Waals surface area (Å²) in [6, 6.07) is 0. The molecular formula is C12H25NO. The van der Waals surface area contributed by atoms with Crippen LogP contribution in [0.2, 0.25) is 0 Å². The van der Waals surface area contributed by atoms with Crippen LogP contribution < -0.4 is 0 Å². The Morgan fingerprint density at radius 1 is 1.21 bits per heavy atom. The highest BCUT2D eigenvalue weighted by Gasteiger charge is 2.32. The van der Waals surface area contributed by atoms with E-state index in [9.17, 15) is 5.11 Å². The topological polar surface area (TPSA) is 23.5 Å². The van der Waals surface area contributed by atoms with E-state index in [1.165, 1.54) is 25.7 Å². The van der Waals surface area contributed by atoms with E-state index in [1.807, 2.05) is 0 Å². The lowest BCUT2D eigenvalue weighted by Crippen LogP contribution is -2.41. The second kappa shape index (κ2) is 5.72. The molecule has 0 saturated heterocycles. The maximum atomic E-state index is 10.3. The highest BCUT2D eigenvalue weighted by molar-refractivity contribution is 4.87. The van der Waals surface area contributed by atoms with Gasteiger partial charge in [0, 0.05) is 6.54 Å². The fourth-order valence-corrected chi connectivity index (χ4v) is 2.34. The molecule has 1 rings (SSSR count). The van der Waals surface area contributed by atoms with E-state index >= 15 is 0 Å². The van der Waals surface area contributed by atoms with Gasteiger partial charge in [-0.1, -0.05) is 33.1 Å². The van der Waals surface area contributed by atoms with E-state index in [-0.39, 0.29) is 5.60 Å². The fourth-order valence-electron chi connectivity index (χ4n) is 2.34. The minimum atomic E-state index is -0.357. The summed E-state index contributed by atoms with van der Waals surface area (Å²) in [6.07, 6.45) is 6.94. The molecule has 14 heavy (non-hydrogen) atoms. The van der Waals surface area contributed by atoms with Crippen LogP contribution in [0.4, 0.5) is 0 Å². The lowest BCUT2D eigenvalue weighted by Gasteiger charge is -2.30. The fraction of sp³-hybridized carbons (Fsp3) is 1.00. The van der Waals surface area contributed by atoms with Crippen LogP contribution in [0.1, 0.15) is 52.4 Å². The second-order valence-electron chi connectivity index (χ2n) is 4.65. The highest BCUT2D eigenvalue weighted by atomic mass is 16.3. The third-order valence-electron chi connectivity index (χ3n) is 3.33. The monoisotopic (exact) mass is 199 g/mol. The van der Waals surface area contributed by atoms with Crippen molar-refractivity contribution in [3.05, 3.63) is 0 Å². The summed E-state index contributed by atoms with van der Waals surface area (Å²) in [5.74, 6) is 0. The number of likely N-dealkylation sites (N-methyl/N-ethyl adjacent to an activating group) is 1. The molecule has 0 aromatic rings. The van der Waals surface area contributed by atoms with E-state index in [0.717, 1.165) is 32.5 Å². The third-order valence-corrected chi connectivity index (χ3v) is 3.33. The van der Waals surface area contributed by atoms with Crippen LogP contribution in [0.3, 0.4) is 0 Å². The van der Waals surface area contributed by atoms with Crippen molar-refractivity contribution in [2.75, 3.05) is 19.6 Å². The molecule has 0 amide bonds. The Bertz CT molecular complexity index is 152. The van der Waals surface area contributed by atoms with E-state index in [1.54, 1.807) is 0 Å². The lowest BCUT2D eigenvalue weighted by molar-refractivity contribution is 0.0104. The van der Waals surface area contributed by atoms with Gasteiger partial charge in [-0.3, -0.25) is 0 Å². The zero-order chi connectivity index (χ0) is 10.4. The number of hydrogen-bond donors (Lipinski definition) is 1. The number of aliphatic hydroxyl groups is 1. The molecule has 1 aliphatic carbocycles. The molecule has 0 radical (unpaired) electrons. The first-order chi connectivity index (χ1) is 6.70. The van der Waals surface area contributed by atoms with Crippen molar-refractivity contribution in [1.29, 1.82) is 0 Å². The molecular weight excluding hydrogens is 174 g/mol. The number of rotatable bonds is 6. The molecule has 0 atom stereocenters. The molecule has 0 bridgehead atoms. The van der Waals surface area contributed by atoms with Crippen molar-refractivity contribution in [3.8, 4) is 0 Å². The molecule has 1 aliphatic rings. The predicted molar refractivity (Wildman–Crippen MR) is 60.4 cm³/mol. The standard InChI is InChI=1S/C12H25NO/c1-3-5-10-13(4-2)11-12(14)8-6-7-9-12/h14H,3-11H2,1-2H3. The largest absolute Gasteiger partial charge is 0.389 e. The van der Waals surface area contributed by atoms with Crippen LogP contribution >= 0.6 is 0 Å². The van der Waals surface area contributed by atoms with Crippen LogP contribution in [0.5, 0.6) is 0 Å². The van der Waals surface area contributed by atoms with Gasteiger partial charge >= 0.3 is 0 Å². The van der Waals surface area contributed by atoms with Crippen molar-refractivity contribution in [2.45, 2.75) is 58.0 Å². The molecule has 2 heteroatoms. The van der Waals surface area contributed by atoms with Crippen molar-refractivity contribution in [2.24, 2.45) is 0 Å². The summed E-state index contributed by atoms with van der Waals surface area (Å²) in [5, 5.41) is 10.3. The summed E-state index contributed by atoms with van der Waals surface area (Å²) in [5.41, 5.74) is -0.357. The van der Waals surface area contributed by atoms with Gasteiger partial charge in [0.05, 0.1) is 5.60 Å². The normalized spacial score (nSPS) is 20.6. The van der Waals surface area contributed by atoms with Gasteiger partial charge in [0.1, 0.15) is 0 Å². The summed E-state index contributed by atoms with van der Waals surface area (Å²) < 4.78 is 0. The van der Waals surface area contributed by atoms with Gasteiger partial charge < -0.3 is 10.0 Å². The first-order valence-electron chi connectivity index (χ1n) is 6.15. The number of nitrogens with zero attached hydrogens (tertiary/aromatic N) is 1. The lowest BCUT2D eigenvalue weighted by atomic mass is 10.0. The molecule has 1 fully saturated rings. The Morgan fingerprint density at radius 2 is 1.86 bits per heavy atom. The van der Waals surface area contributed by atoms with Gasteiger partial charge in [0.15, 0.2) is 0 Å². The Kier molecular flexibility index (Phi) is 4.90. The average molecular weight is 199 g/mol. The van der Waals surface area contributed by atoms with Crippen LogP contribution in [0, 0.1) is 0 Å². The van der Waals surface area contributed by atoms with Gasteiger partial charge in [0.2, 0.25) is 0 Å². The average Bonchev–Trinajstić information content (AvgIpc) is 2.60. The van der Waals surface area contributed by atoms with Gasteiger partial charge in [-0.15, -0.1) is 0 Å². The summed E-state index contributed by atoms with van der Waals surface area (Å²) >= 11 is 0. The zero-order valence-corrected chi connectivity index (χ0v) is 9.76. The van der Waals surface area contributed by atoms with Gasteiger partial charge in [-0.2, -0.15) is 0 Å². The van der Waals surface area contributed by atoms with Crippen LogP contribution in [-0.2, 0) is 0 Å². The predicted octanol–water partition coefficient (Wildman–Crippen LogP) is 2.41. The molecule has 1 saturated carbocycles. The van der Waals surface area contributed by atoms with Gasteiger partial charge in [0.25, 0.3) is 0 Å². The highest BCUT2D eigenvalue weighted by Crippen LogP contribution is 2.30. The second-order valence-corrected chi connectivity index (χ2v) is 4.65. The number of unbranched alkanes of at least 4 members (excludes halogenated alkanes) is 1. The maximum absolute atomic E-state index is 10.3. The van der Waals surface area contributed by atoms with Crippen LogP contribution in [0.15, 0.2) is 0 Å². The molecule has 0 spiro atoms. The maximum Gasteiger partial charge on any atom is 0.0774 e. The van der Waals surface area contributed by atoms with E-state index in [0.29, 0.717) is 0 Å². The van der Waals surface area contributed by atoms with E-state index in [2.05, 4.69) is 18.7 Å². The van der Waals surface area contributed by atoms with Gasteiger partial charge in [-0.05, 0) is 32.4 Å². The molecule has 2 nitrogen and oxygen atoms in total. The van der Waals surface area contributed by atoms with Crippen molar-refractivity contribution in [1.82, 2.24) is 4.90 Å². The zero-order valence-electron chi connectivity index (χ0n) is 9.76.